The van der Waals surface area contributed by atoms with Crippen LogP contribution >= 0.6 is 11.3 Å². The van der Waals surface area contributed by atoms with Gasteiger partial charge in [0.1, 0.15) is 0 Å². The smallest absolute Gasteiger partial charge is 0.252 e. The lowest BCUT2D eigenvalue weighted by atomic mass is 10.2. The van der Waals surface area contributed by atoms with Gasteiger partial charge in [-0.3, -0.25) is 9.59 Å². The molecule has 0 aliphatic carbocycles. The number of ketones is 1. The zero-order valence-electron chi connectivity index (χ0n) is 9.23. The van der Waals surface area contributed by atoms with E-state index in [-0.39, 0.29) is 24.0 Å². The van der Waals surface area contributed by atoms with Gasteiger partial charge in [-0.2, -0.15) is 11.3 Å². The molecule has 2 rings (SSSR count). The van der Waals surface area contributed by atoms with Gasteiger partial charge in [0, 0.05) is 5.38 Å². The Morgan fingerprint density at radius 2 is 2.24 bits per heavy atom. The number of Topliss-reactive ketones (excluding diaryl/α,β-unsaturated/α-hetero) is 1. The van der Waals surface area contributed by atoms with Crippen LogP contribution in [0.3, 0.4) is 0 Å². The summed E-state index contributed by atoms with van der Waals surface area (Å²) < 4.78 is 4.94. The van der Waals surface area contributed by atoms with E-state index < -0.39 is 0 Å². The maximum absolute atomic E-state index is 11.7. The van der Waals surface area contributed by atoms with Crippen LogP contribution in [0.4, 0.5) is 0 Å². The van der Waals surface area contributed by atoms with Gasteiger partial charge in [0.25, 0.3) is 5.91 Å². The van der Waals surface area contributed by atoms with Gasteiger partial charge in [-0.05, 0) is 30.0 Å². The minimum absolute atomic E-state index is 0.0539. The van der Waals surface area contributed by atoms with Gasteiger partial charge in [-0.1, -0.05) is 0 Å². The largest absolute Gasteiger partial charge is 0.461 e. The van der Waals surface area contributed by atoms with Crippen LogP contribution in [0.15, 0.2) is 33.6 Å². The summed E-state index contributed by atoms with van der Waals surface area (Å²) >= 11 is 1.46. The second-order valence-corrected chi connectivity index (χ2v) is 4.30. The topological polar surface area (TPSA) is 59.3 Å². The van der Waals surface area contributed by atoms with Gasteiger partial charge in [0.2, 0.25) is 5.78 Å². The van der Waals surface area contributed by atoms with Crippen molar-refractivity contribution < 1.29 is 14.0 Å². The molecule has 1 N–H and O–H groups in total. The lowest BCUT2D eigenvalue weighted by Crippen LogP contribution is -2.29. The Bertz CT molecular complexity index is 528. The van der Waals surface area contributed by atoms with E-state index in [1.165, 1.54) is 17.6 Å². The molecule has 0 aromatic carbocycles. The van der Waals surface area contributed by atoms with E-state index in [0.29, 0.717) is 5.56 Å². The number of furan rings is 1. The van der Waals surface area contributed by atoms with E-state index in [0.717, 1.165) is 5.56 Å². The first-order valence-electron chi connectivity index (χ1n) is 5.06. The van der Waals surface area contributed by atoms with Crippen molar-refractivity contribution in [2.24, 2.45) is 0 Å². The van der Waals surface area contributed by atoms with Crippen molar-refractivity contribution in [1.82, 2.24) is 5.32 Å². The Morgan fingerprint density at radius 1 is 1.41 bits per heavy atom. The van der Waals surface area contributed by atoms with Crippen molar-refractivity contribution in [2.45, 2.75) is 6.92 Å². The maximum Gasteiger partial charge on any atom is 0.252 e. The Kier molecular flexibility index (Phi) is 3.39. The molecule has 0 aliphatic rings. The van der Waals surface area contributed by atoms with Crippen molar-refractivity contribution >= 4 is 23.0 Å². The Balaban J connectivity index is 1.93. The minimum atomic E-state index is -0.240. The van der Waals surface area contributed by atoms with Crippen molar-refractivity contribution in [3.63, 3.8) is 0 Å². The number of hydrogen-bond acceptors (Lipinski definition) is 4. The molecule has 0 bridgehead atoms. The number of nitrogens with one attached hydrogen (secondary N) is 1. The third kappa shape index (κ3) is 2.62. The summed E-state index contributed by atoms with van der Waals surface area (Å²) in [5, 5.41) is 6.23. The molecule has 1 amide bonds. The van der Waals surface area contributed by atoms with E-state index in [1.807, 2.05) is 12.3 Å². The number of amides is 1. The molecule has 17 heavy (non-hydrogen) atoms. The lowest BCUT2D eigenvalue weighted by Gasteiger charge is -2.02. The molecule has 2 heterocycles. The van der Waals surface area contributed by atoms with Crippen LogP contribution in [-0.4, -0.2) is 18.2 Å². The van der Waals surface area contributed by atoms with Crippen LogP contribution in [0.2, 0.25) is 0 Å². The fourth-order valence-corrected chi connectivity index (χ4v) is 2.20. The van der Waals surface area contributed by atoms with E-state index in [1.54, 1.807) is 17.5 Å². The Hall–Kier alpha value is -1.88. The zero-order valence-corrected chi connectivity index (χ0v) is 10.0. The average molecular weight is 249 g/mol. The molecule has 0 radical (unpaired) electrons. The summed E-state index contributed by atoms with van der Waals surface area (Å²) in [6.45, 7) is 1.81. The third-order valence-electron chi connectivity index (χ3n) is 2.31. The van der Waals surface area contributed by atoms with Gasteiger partial charge in [-0.15, -0.1) is 0 Å². The van der Waals surface area contributed by atoms with E-state index in [9.17, 15) is 9.59 Å². The fourth-order valence-electron chi connectivity index (χ4n) is 1.37. The molecule has 0 saturated heterocycles. The molecule has 0 saturated carbocycles. The first kappa shape index (κ1) is 11.6. The maximum atomic E-state index is 11.7. The molecule has 0 atom stereocenters. The molecule has 0 aliphatic heterocycles. The molecule has 2 aromatic heterocycles. The highest BCUT2D eigenvalue weighted by Crippen LogP contribution is 2.13. The number of thiophene rings is 1. The van der Waals surface area contributed by atoms with Crippen LogP contribution in [0.1, 0.15) is 26.5 Å². The number of rotatable bonds is 4. The first-order chi connectivity index (χ1) is 8.18. The highest BCUT2D eigenvalue weighted by molar-refractivity contribution is 7.08. The molecule has 5 heteroatoms. The molecule has 0 spiro atoms. The number of aryl methyl sites for hydroxylation is 1. The molecule has 0 unspecified atom stereocenters. The summed E-state index contributed by atoms with van der Waals surface area (Å²) in [6, 6.07) is 3.21. The molecular weight excluding hydrogens is 238 g/mol. The fraction of sp³-hybridized carbons (Fsp3) is 0.167. The summed E-state index contributed by atoms with van der Waals surface area (Å²) in [6.07, 6.45) is 1.43. The quantitative estimate of drug-likeness (QED) is 0.845. The van der Waals surface area contributed by atoms with Crippen molar-refractivity contribution in [2.75, 3.05) is 6.54 Å². The molecule has 0 fully saturated rings. The predicted molar refractivity (Wildman–Crippen MR) is 64.4 cm³/mol. The standard InChI is InChI=1S/C12H11NO3S/c1-8-6-17-7-9(8)12(15)13-5-10(14)11-3-2-4-16-11/h2-4,6-7H,5H2,1H3,(H,13,15). The first-order valence-corrected chi connectivity index (χ1v) is 6.00. The second-order valence-electron chi connectivity index (χ2n) is 3.55. The Labute approximate surface area is 102 Å². The summed E-state index contributed by atoms with van der Waals surface area (Å²) in [5.74, 6) is -0.216. The van der Waals surface area contributed by atoms with E-state index >= 15 is 0 Å². The van der Waals surface area contributed by atoms with Crippen LogP contribution in [0, 0.1) is 6.92 Å². The van der Waals surface area contributed by atoms with Gasteiger partial charge in [0.05, 0.1) is 18.4 Å². The third-order valence-corrected chi connectivity index (χ3v) is 3.17. The van der Waals surface area contributed by atoms with Crippen LogP contribution in [-0.2, 0) is 0 Å². The SMILES string of the molecule is Cc1cscc1C(=O)NCC(=O)c1ccco1. The van der Waals surface area contributed by atoms with E-state index in [2.05, 4.69) is 5.32 Å². The molecule has 2 aromatic rings. The predicted octanol–water partition coefficient (Wildman–Crippen LogP) is 2.26. The minimum Gasteiger partial charge on any atom is -0.461 e. The average Bonchev–Trinajstić information content (AvgIpc) is 2.95. The second kappa shape index (κ2) is 4.97. The van der Waals surface area contributed by atoms with Gasteiger partial charge in [-0.25, -0.2) is 0 Å². The van der Waals surface area contributed by atoms with Gasteiger partial charge < -0.3 is 9.73 Å². The highest BCUT2D eigenvalue weighted by atomic mass is 32.1. The number of carbonyl (C=O) groups excluding carboxylic acids is 2. The monoisotopic (exact) mass is 249 g/mol. The molecular formula is C12H11NO3S. The van der Waals surface area contributed by atoms with Crippen LogP contribution in [0.5, 0.6) is 0 Å². The number of carbonyl (C=O) groups is 2. The van der Waals surface area contributed by atoms with Crippen molar-refractivity contribution in [3.05, 3.63) is 46.0 Å². The van der Waals surface area contributed by atoms with Crippen LogP contribution < -0.4 is 5.32 Å². The highest BCUT2D eigenvalue weighted by Gasteiger charge is 2.13. The zero-order chi connectivity index (χ0) is 12.3. The van der Waals surface area contributed by atoms with Gasteiger partial charge >= 0.3 is 0 Å². The van der Waals surface area contributed by atoms with Crippen molar-refractivity contribution in [1.29, 1.82) is 0 Å². The Morgan fingerprint density at radius 3 is 2.82 bits per heavy atom. The normalized spacial score (nSPS) is 10.2. The van der Waals surface area contributed by atoms with E-state index in [4.69, 9.17) is 4.42 Å². The molecule has 88 valence electrons. The van der Waals surface area contributed by atoms with Crippen LogP contribution in [0.25, 0.3) is 0 Å². The van der Waals surface area contributed by atoms with Gasteiger partial charge in [0.15, 0.2) is 5.76 Å². The summed E-state index contributed by atoms with van der Waals surface area (Å²) in [7, 11) is 0. The summed E-state index contributed by atoms with van der Waals surface area (Å²) in [5.41, 5.74) is 1.53. The van der Waals surface area contributed by atoms with Crippen molar-refractivity contribution in [3.8, 4) is 0 Å². The number of hydrogen-bond donors (Lipinski definition) is 1. The molecule has 4 nitrogen and oxygen atoms in total. The summed E-state index contributed by atoms with van der Waals surface area (Å²) in [4.78, 5) is 23.3. The lowest BCUT2D eigenvalue weighted by molar-refractivity contribution is 0.0892.